The molecule has 0 radical (unpaired) electrons. The van der Waals surface area contributed by atoms with Gasteiger partial charge in [0.25, 0.3) is 0 Å². The maximum Gasteiger partial charge on any atom is 0.225 e. The zero-order valence-electron chi connectivity index (χ0n) is 10.2. The first-order chi connectivity index (χ1) is 7.17. The molecular formula is C11H24N2O2. The summed E-state index contributed by atoms with van der Waals surface area (Å²) in [5, 5.41) is 0. The van der Waals surface area contributed by atoms with Crippen molar-refractivity contribution in [3.8, 4) is 0 Å². The van der Waals surface area contributed by atoms with Gasteiger partial charge < -0.3 is 15.4 Å². The van der Waals surface area contributed by atoms with Gasteiger partial charge in [0.1, 0.15) is 0 Å². The van der Waals surface area contributed by atoms with Crippen LogP contribution in [0.3, 0.4) is 0 Å². The lowest BCUT2D eigenvalue weighted by Gasteiger charge is -2.24. The van der Waals surface area contributed by atoms with Gasteiger partial charge in [0, 0.05) is 26.1 Å². The zero-order valence-corrected chi connectivity index (χ0v) is 10.2. The summed E-state index contributed by atoms with van der Waals surface area (Å²) in [5.74, 6) is 0.286. The van der Waals surface area contributed by atoms with Crippen LogP contribution in [-0.2, 0) is 9.53 Å². The van der Waals surface area contributed by atoms with Gasteiger partial charge in [-0.3, -0.25) is 4.79 Å². The SMILES string of the molecule is CCN(CCOC)C(=O)C(C)CCCN. The largest absolute Gasteiger partial charge is 0.383 e. The van der Waals surface area contributed by atoms with E-state index in [9.17, 15) is 4.79 Å². The number of nitrogens with zero attached hydrogens (tertiary/aromatic N) is 1. The van der Waals surface area contributed by atoms with Crippen LogP contribution in [0.2, 0.25) is 0 Å². The molecule has 0 aromatic carbocycles. The highest BCUT2D eigenvalue weighted by molar-refractivity contribution is 5.78. The molecule has 0 aliphatic heterocycles. The van der Waals surface area contributed by atoms with E-state index < -0.39 is 0 Å². The van der Waals surface area contributed by atoms with Crippen molar-refractivity contribution in [2.24, 2.45) is 11.7 Å². The Kier molecular flexibility index (Phi) is 8.33. The van der Waals surface area contributed by atoms with Gasteiger partial charge in [0.05, 0.1) is 6.61 Å². The Morgan fingerprint density at radius 1 is 1.53 bits per heavy atom. The van der Waals surface area contributed by atoms with Crippen molar-refractivity contribution in [2.75, 3.05) is 33.4 Å². The van der Waals surface area contributed by atoms with Gasteiger partial charge in [-0.05, 0) is 26.3 Å². The van der Waals surface area contributed by atoms with Gasteiger partial charge in [-0.2, -0.15) is 0 Å². The first kappa shape index (κ1) is 14.4. The van der Waals surface area contributed by atoms with Crippen molar-refractivity contribution in [3.63, 3.8) is 0 Å². The molecule has 1 atom stereocenters. The molecule has 15 heavy (non-hydrogen) atoms. The van der Waals surface area contributed by atoms with Crippen LogP contribution in [0.5, 0.6) is 0 Å². The van der Waals surface area contributed by atoms with E-state index in [-0.39, 0.29) is 11.8 Å². The second-order valence-corrected chi connectivity index (χ2v) is 3.74. The number of hydrogen-bond donors (Lipinski definition) is 1. The molecule has 0 spiro atoms. The number of amides is 1. The molecule has 2 N–H and O–H groups in total. The van der Waals surface area contributed by atoms with Gasteiger partial charge in [-0.1, -0.05) is 6.92 Å². The molecule has 1 unspecified atom stereocenters. The molecule has 0 heterocycles. The summed E-state index contributed by atoms with van der Waals surface area (Å²) < 4.78 is 4.97. The van der Waals surface area contributed by atoms with E-state index >= 15 is 0 Å². The summed E-state index contributed by atoms with van der Waals surface area (Å²) in [6.07, 6.45) is 1.79. The van der Waals surface area contributed by atoms with E-state index in [2.05, 4.69) is 0 Å². The van der Waals surface area contributed by atoms with E-state index in [0.717, 1.165) is 19.4 Å². The molecule has 0 aliphatic rings. The third kappa shape index (κ3) is 5.74. The molecule has 0 bridgehead atoms. The van der Waals surface area contributed by atoms with Crippen LogP contribution in [0, 0.1) is 5.92 Å². The number of carbonyl (C=O) groups is 1. The van der Waals surface area contributed by atoms with Crippen LogP contribution in [0.4, 0.5) is 0 Å². The summed E-state index contributed by atoms with van der Waals surface area (Å²) in [6.45, 7) is 6.63. The van der Waals surface area contributed by atoms with E-state index in [1.54, 1.807) is 7.11 Å². The molecule has 4 nitrogen and oxygen atoms in total. The van der Waals surface area contributed by atoms with E-state index in [0.29, 0.717) is 19.7 Å². The number of rotatable bonds is 8. The fraction of sp³-hybridized carbons (Fsp3) is 0.909. The summed E-state index contributed by atoms with van der Waals surface area (Å²) in [5.41, 5.74) is 5.42. The number of nitrogens with two attached hydrogens (primary N) is 1. The first-order valence-corrected chi connectivity index (χ1v) is 5.65. The Bertz CT molecular complexity index is 174. The smallest absolute Gasteiger partial charge is 0.225 e. The van der Waals surface area contributed by atoms with Crippen LogP contribution in [0.25, 0.3) is 0 Å². The van der Waals surface area contributed by atoms with Crippen molar-refractivity contribution in [1.82, 2.24) is 4.90 Å². The second kappa shape index (κ2) is 8.68. The van der Waals surface area contributed by atoms with Crippen molar-refractivity contribution in [2.45, 2.75) is 26.7 Å². The average Bonchev–Trinajstić information content (AvgIpc) is 2.26. The lowest BCUT2D eigenvalue weighted by Crippen LogP contribution is -2.37. The molecule has 0 saturated heterocycles. The van der Waals surface area contributed by atoms with Crippen molar-refractivity contribution in [3.05, 3.63) is 0 Å². The monoisotopic (exact) mass is 216 g/mol. The highest BCUT2D eigenvalue weighted by atomic mass is 16.5. The van der Waals surface area contributed by atoms with Crippen molar-refractivity contribution < 1.29 is 9.53 Å². The molecule has 0 aliphatic carbocycles. The van der Waals surface area contributed by atoms with E-state index in [1.807, 2.05) is 18.7 Å². The molecule has 1 amide bonds. The Hall–Kier alpha value is -0.610. The number of hydrogen-bond acceptors (Lipinski definition) is 3. The first-order valence-electron chi connectivity index (χ1n) is 5.65. The standard InChI is InChI=1S/C11H24N2O2/c1-4-13(8-9-15-3)11(14)10(2)6-5-7-12/h10H,4-9,12H2,1-3H3. The predicted molar refractivity (Wildman–Crippen MR) is 61.6 cm³/mol. The number of carbonyl (C=O) groups excluding carboxylic acids is 1. The van der Waals surface area contributed by atoms with Gasteiger partial charge in [0.15, 0.2) is 0 Å². The minimum absolute atomic E-state index is 0.0744. The molecule has 0 aromatic rings. The van der Waals surface area contributed by atoms with Crippen LogP contribution < -0.4 is 5.73 Å². The topological polar surface area (TPSA) is 55.6 Å². The fourth-order valence-corrected chi connectivity index (χ4v) is 1.48. The lowest BCUT2D eigenvalue weighted by molar-refractivity contribution is -0.135. The molecule has 0 fully saturated rings. The molecule has 0 aromatic heterocycles. The highest BCUT2D eigenvalue weighted by Crippen LogP contribution is 2.09. The second-order valence-electron chi connectivity index (χ2n) is 3.74. The van der Waals surface area contributed by atoms with Gasteiger partial charge in [-0.15, -0.1) is 0 Å². The summed E-state index contributed by atoms with van der Waals surface area (Å²) in [7, 11) is 1.65. The summed E-state index contributed by atoms with van der Waals surface area (Å²) in [6, 6.07) is 0. The van der Waals surface area contributed by atoms with E-state index in [4.69, 9.17) is 10.5 Å². The van der Waals surface area contributed by atoms with Crippen LogP contribution in [0.1, 0.15) is 26.7 Å². The van der Waals surface area contributed by atoms with Crippen molar-refractivity contribution in [1.29, 1.82) is 0 Å². The third-order valence-corrected chi connectivity index (χ3v) is 2.52. The molecule has 0 saturated carbocycles. The zero-order chi connectivity index (χ0) is 11.7. The lowest BCUT2D eigenvalue weighted by atomic mass is 10.0. The van der Waals surface area contributed by atoms with Crippen LogP contribution in [-0.4, -0.2) is 44.2 Å². The van der Waals surface area contributed by atoms with Crippen molar-refractivity contribution >= 4 is 5.91 Å². The number of ether oxygens (including phenoxy) is 1. The Morgan fingerprint density at radius 3 is 2.67 bits per heavy atom. The molecular weight excluding hydrogens is 192 g/mol. The Labute approximate surface area is 92.8 Å². The molecule has 0 rings (SSSR count). The minimum atomic E-state index is 0.0744. The van der Waals surface area contributed by atoms with Gasteiger partial charge >= 0.3 is 0 Å². The number of methoxy groups -OCH3 is 1. The Morgan fingerprint density at radius 2 is 2.20 bits per heavy atom. The normalized spacial score (nSPS) is 12.5. The molecule has 4 heteroatoms. The van der Waals surface area contributed by atoms with Crippen LogP contribution >= 0.6 is 0 Å². The maximum atomic E-state index is 11.9. The summed E-state index contributed by atoms with van der Waals surface area (Å²) in [4.78, 5) is 13.8. The number of likely N-dealkylation sites (N-methyl/N-ethyl adjacent to an activating group) is 1. The quantitative estimate of drug-likeness (QED) is 0.654. The summed E-state index contributed by atoms with van der Waals surface area (Å²) >= 11 is 0. The highest BCUT2D eigenvalue weighted by Gasteiger charge is 2.18. The third-order valence-electron chi connectivity index (χ3n) is 2.52. The van der Waals surface area contributed by atoms with Crippen LogP contribution in [0.15, 0.2) is 0 Å². The Balaban J connectivity index is 4.00. The van der Waals surface area contributed by atoms with Gasteiger partial charge in [0.2, 0.25) is 5.91 Å². The average molecular weight is 216 g/mol. The maximum absolute atomic E-state index is 11.9. The predicted octanol–water partition coefficient (Wildman–Crippen LogP) is 0.856. The molecule has 90 valence electrons. The van der Waals surface area contributed by atoms with E-state index in [1.165, 1.54) is 0 Å². The van der Waals surface area contributed by atoms with Gasteiger partial charge in [-0.25, -0.2) is 0 Å². The fourth-order valence-electron chi connectivity index (χ4n) is 1.48. The minimum Gasteiger partial charge on any atom is -0.383 e.